The van der Waals surface area contributed by atoms with E-state index in [9.17, 15) is 0 Å². The van der Waals surface area contributed by atoms with E-state index in [-0.39, 0.29) is 5.92 Å². The molecule has 0 radical (unpaired) electrons. The van der Waals surface area contributed by atoms with Crippen LogP contribution in [0.5, 0.6) is 5.75 Å². The molecule has 0 fully saturated rings. The fourth-order valence-electron chi connectivity index (χ4n) is 4.26. The summed E-state index contributed by atoms with van der Waals surface area (Å²) in [6.45, 7) is 0. The van der Waals surface area contributed by atoms with Gasteiger partial charge < -0.3 is 4.74 Å². The van der Waals surface area contributed by atoms with Crippen molar-refractivity contribution in [2.75, 3.05) is 7.11 Å². The first-order chi connectivity index (χ1) is 12.8. The molecule has 0 N–H and O–H groups in total. The molecule has 5 rings (SSSR count). The van der Waals surface area contributed by atoms with Gasteiger partial charge in [0.05, 0.1) is 7.11 Å². The smallest absolute Gasteiger partial charge is 0.118 e. The minimum absolute atomic E-state index is 0.275. The number of rotatable bonds is 3. The van der Waals surface area contributed by atoms with Crippen LogP contribution in [0.3, 0.4) is 0 Å². The first-order valence-corrected chi connectivity index (χ1v) is 9.08. The molecule has 1 heteroatoms. The highest BCUT2D eigenvalue weighted by Gasteiger charge is 2.29. The molecule has 26 heavy (non-hydrogen) atoms. The first kappa shape index (κ1) is 15.2. The van der Waals surface area contributed by atoms with E-state index >= 15 is 0 Å². The highest BCUT2D eigenvalue weighted by Crippen LogP contribution is 2.48. The van der Waals surface area contributed by atoms with Crippen LogP contribution in [0.2, 0.25) is 0 Å². The summed E-state index contributed by atoms with van der Waals surface area (Å²) in [5.74, 6) is 1.17. The lowest BCUT2D eigenvalue weighted by atomic mass is 9.82. The number of ether oxygens (including phenoxy) is 1. The van der Waals surface area contributed by atoms with Crippen molar-refractivity contribution in [2.45, 2.75) is 12.3 Å². The molecule has 2 aliphatic rings. The summed E-state index contributed by atoms with van der Waals surface area (Å²) in [4.78, 5) is 0. The Bertz CT molecular complexity index is 1040. The number of hydrogen-bond acceptors (Lipinski definition) is 1. The van der Waals surface area contributed by atoms with Crippen molar-refractivity contribution in [1.29, 1.82) is 0 Å². The van der Waals surface area contributed by atoms with E-state index in [1.54, 1.807) is 7.11 Å². The molecule has 0 aromatic heterocycles. The van der Waals surface area contributed by atoms with Crippen molar-refractivity contribution in [3.63, 3.8) is 0 Å². The van der Waals surface area contributed by atoms with Crippen LogP contribution in [0.1, 0.15) is 39.3 Å². The van der Waals surface area contributed by atoms with Crippen LogP contribution in [0, 0.1) is 0 Å². The van der Waals surface area contributed by atoms with Crippen molar-refractivity contribution in [3.8, 4) is 5.75 Å². The van der Waals surface area contributed by atoms with E-state index in [1.165, 1.54) is 39.0 Å². The van der Waals surface area contributed by atoms with Gasteiger partial charge in [0.25, 0.3) is 0 Å². The van der Waals surface area contributed by atoms with Gasteiger partial charge in [-0.3, -0.25) is 0 Å². The molecule has 0 aliphatic heterocycles. The topological polar surface area (TPSA) is 9.23 Å². The molecule has 1 nitrogen and oxygen atoms in total. The zero-order chi connectivity index (χ0) is 17.5. The number of benzene rings is 3. The Morgan fingerprint density at radius 1 is 0.846 bits per heavy atom. The predicted molar refractivity (Wildman–Crippen MR) is 108 cm³/mol. The summed E-state index contributed by atoms with van der Waals surface area (Å²) < 4.78 is 5.34. The van der Waals surface area contributed by atoms with Crippen LogP contribution < -0.4 is 4.74 Å². The number of allylic oxidation sites excluding steroid dienone is 2. The Morgan fingerprint density at radius 3 is 2.50 bits per heavy atom. The number of hydrogen-bond donors (Lipinski definition) is 0. The highest BCUT2D eigenvalue weighted by atomic mass is 16.5. The number of methoxy groups -OCH3 is 1. The van der Waals surface area contributed by atoms with Gasteiger partial charge in [0.1, 0.15) is 5.75 Å². The van der Waals surface area contributed by atoms with E-state index in [4.69, 9.17) is 4.74 Å². The summed E-state index contributed by atoms with van der Waals surface area (Å²) >= 11 is 0. The monoisotopic (exact) mass is 336 g/mol. The van der Waals surface area contributed by atoms with Crippen molar-refractivity contribution in [3.05, 3.63) is 106 Å². The molecule has 1 unspecified atom stereocenters. The zero-order valence-corrected chi connectivity index (χ0v) is 14.8. The Labute approximate surface area is 154 Å². The lowest BCUT2D eigenvalue weighted by Crippen LogP contribution is -2.04. The standard InChI is InChI=1S/C25H20O/c1-26-20-14-12-18(13-15-20)24-16-19-6-2-3-9-22(19)25(24)23-11-5-8-17-7-4-10-21(17)23/h2-6,8-16,25H,7H2,1H3. The molecule has 0 saturated heterocycles. The van der Waals surface area contributed by atoms with Gasteiger partial charge in [-0.05, 0) is 63.6 Å². The van der Waals surface area contributed by atoms with E-state index in [2.05, 4.69) is 72.8 Å². The highest BCUT2D eigenvalue weighted by molar-refractivity contribution is 5.94. The molecule has 0 spiro atoms. The second-order valence-corrected chi connectivity index (χ2v) is 6.92. The molecule has 0 bridgehead atoms. The maximum absolute atomic E-state index is 5.34. The lowest BCUT2D eigenvalue weighted by molar-refractivity contribution is 0.415. The van der Waals surface area contributed by atoms with E-state index < -0.39 is 0 Å². The largest absolute Gasteiger partial charge is 0.497 e. The van der Waals surface area contributed by atoms with Crippen molar-refractivity contribution in [2.24, 2.45) is 0 Å². The Morgan fingerprint density at radius 2 is 1.65 bits per heavy atom. The minimum atomic E-state index is 0.275. The fourth-order valence-corrected chi connectivity index (χ4v) is 4.26. The van der Waals surface area contributed by atoms with E-state index in [0.29, 0.717) is 0 Å². The van der Waals surface area contributed by atoms with Gasteiger partial charge in [0.15, 0.2) is 0 Å². The quantitative estimate of drug-likeness (QED) is 0.574. The fraction of sp³-hybridized carbons (Fsp3) is 0.120. The molecular formula is C25H20O. The first-order valence-electron chi connectivity index (χ1n) is 9.08. The maximum atomic E-state index is 5.34. The van der Waals surface area contributed by atoms with Gasteiger partial charge in [-0.15, -0.1) is 0 Å². The summed E-state index contributed by atoms with van der Waals surface area (Å²) in [5, 5.41) is 0. The van der Waals surface area contributed by atoms with Gasteiger partial charge in [0.2, 0.25) is 0 Å². The second-order valence-electron chi connectivity index (χ2n) is 6.92. The number of fused-ring (bicyclic) bond motifs is 2. The molecule has 0 saturated carbocycles. The van der Waals surface area contributed by atoms with Crippen LogP contribution in [0.25, 0.3) is 17.7 Å². The van der Waals surface area contributed by atoms with Gasteiger partial charge in [-0.25, -0.2) is 0 Å². The molecule has 3 aromatic rings. The molecule has 3 aromatic carbocycles. The Kier molecular flexibility index (Phi) is 3.53. The third-order valence-corrected chi connectivity index (χ3v) is 5.52. The van der Waals surface area contributed by atoms with Crippen molar-refractivity contribution in [1.82, 2.24) is 0 Å². The third-order valence-electron chi connectivity index (χ3n) is 5.52. The van der Waals surface area contributed by atoms with E-state index in [0.717, 1.165) is 12.2 Å². The SMILES string of the molecule is COc1ccc(C2=Cc3ccccc3C2c2cccc3c2C=CC3)cc1. The van der Waals surface area contributed by atoms with Crippen LogP contribution in [0.15, 0.2) is 72.8 Å². The minimum Gasteiger partial charge on any atom is -0.497 e. The normalized spacial score (nSPS) is 17.0. The Balaban J connectivity index is 1.69. The van der Waals surface area contributed by atoms with Gasteiger partial charge in [-0.2, -0.15) is 0 Å². The molecule has 0 amide bonds. The molecule has 0 heterocycles. The van der Waals surface area contributed by atoms with Gasteiger partial charge >= 0.3 is 0 Å². The van der Waals surface area contributed by atoms with Crippen LogP contribution in [-0.4, -0.2) is 7.11 Å². The molecule has 2 aliphatic carbocycles. The lowest BCUT2D eigenvalue weighted by Gasteiger charge is -2.21. The third kappa shape index (κ3) is 2.32. The summed E-state index contributed by atoms with van der Waals surface area (Å²) in [6.07, 6.45) is 7.95. The van der Waals surface area contributed by atoms with Crippen LogP contribution in [-0.2, 0) is 6.42 Å². The second kappa shape index (κ2) is 6.03. The van der Waals surface area contributed by atoms with Crippen molar-refractivity contribution >= 4 is 17.7 Å². The molecule has 126 valence electrons. The predicted octanol–water partition coefficient (Wildman–Crippen LogP) is 5.95. The molecule has 1 atom stereocenters. The van der Waals surface area contributed by atoms with Gasteiger partial charge in [-0.1, -0.05) is 66.7 Å². The average Bonchev–Trinajstić information content (AvgIpc) is 3.32. The zero-order valence-electron chi connectivity index (χ0n) is 14.8. The Hall–Kier alpha value is -3.06. The summed E-state index contributed by atoms with van der Waals surface area (Å²) in [5.41, 5.74) is 9.57. The van der Waals surface area contributed by atoms with E-state index in [1.807, 2.05) is 12.1 Å². The molecular weight excluding hydrogens is 316 g/mol. The summed E-state index contributed by atoms with van der Waals surface area (Å²) in [7, 11) is 1.71. The maximum Gasteiger partial charge on any atom is 0.118 e. The van der Waals surface area contributed by atoms with Crippen molar-refractivity contribution < 1.29 is 4.74 Å². The van der Waals surface area contributed by atoms with Crippen LogP contribution in [0.4, 0.5) is 0 Å². The average molecular weight is 336 g/mol. The van der Waals surface area contributed by atoms with Gasteiger partial charge in [0, 0.05) is 5.92 Å². The van der Waals surface area contributed by atoms with Crippen LogP contribution >= 0.6 is 0 Å². The summed E-state index contributed by atoms with van der Waals surface area (Å²) in [6, 6.07) is 23.9.